The largest absolute Gasteiger partial charge is 0.249 e. The SMILES string of the molecule is O=S(=O)(c1c(F)cccc1F)N1CCC[C@H]2CCCC[C@@H]21. The lowest BCUT2D eigenvalue weighted by atomic mass is 9.79. The highest BCUT2D eigenvalue weighted by molar-refractivity contribution is 7.89. The fraction of sp³-hybridized carbons (Fsp3) is 0.600. The second kappa shape index (κ2) is 5.65. The zero-order chi connectivity index (χ0) is 15.0. The normalized spacial score (nSPS) is 27.3. The Balaban J connectivity index is 2.01. The van der Waals surface area contributed by atoms with Crippen molar-refractivity contribution in [2.24, 2.45) is 5.92 Å². The van der Waals surface area contributed by atoms with E-state index in [-0.39, 0.29) is 6.04 Å². The lowest BCUT2D eigenvalue weighted by molar-refractivity contribution is 0.128. The molecule has 6 heteroatoms. The smallest absolute Gasteiger partial charge is 0.207 e. The first-order chi connectivity index (χ1) is 10.0. The number of rotatable bonds is 2. The van der Waals surface area contributed by atoms with E-state index in [1.54, 1.807) is 0 Å². The Morgan fingerprint density at radius 1 is 1.00 bits per heavy atom. The molecule has 1 aromatic rings. The van der Waals surface area contributed by atoms with Gasteiger partial charge >= 0.3 is 0 Å². The molecule has 1 aliphatic carbocycles. The molecule has 0 spiro atoms. The molecule has 0 radical (unpaired) electrons. The molecule has 1 aliphatic heterocycles. The summed E-state index contributed by atoms with van der Waals surface area (Å²) >= 11 is 0. The van der Waals surface area contributed by atoms with Gasteiger partial charge < -0.3 is 0 Å². The Morgan fingerprint density at radius 3 is 2.33 bits per heavy atom. The number of hydrogen-bond donors (Lipinski definition) is 0. The van der Waals surface area contributed by atoms with Crippen LogP contribution in [0.3, 0.4) is 0 Å². The minimum atomic E-state index is -4.11. The molecule has 0 bridgehead atoms. The van der Waals surface area contributed by atoms with E-state index in [1.165, 1.54) is 10.4 Å². The predicted octanol–water partition coefficient (Wildman–Crippen LogP) is 3.31. The number of sulfonamides is 1. The van der Waals surface area contributed by atoms with Crippen LogP contribution in [-0.4, -0.2) is 25.3 Å². The minimum Gasteiger partial charge on any atom is -0.207 e. The van der Waals surface area contributed by atoms with Gasteiger partial charge in [-0.15, -0.1) is 0 Å². The topological polar surface area (TPSA) is 37.4 Å². The van der Waals surface area contributed by atoms with Gasteiger partial charge in [-0.1, -0.05) is 18.9 Å². The Labute approximate surface area is 124 Å². The van der Waals surface area contributed by atoms with Crippen molar-refractivity contribution >= 4 is 10.0 Å². The van der Waals surface area contributed by atoms with E-state index in [0.717, 1.165) is 50.7 Å². The number of fused-ring (bicyclic) bond motifs is 1. The molecular weight excluding hydrogens is 296 g/mol. The van der Waals surface area contributed by atoms with Gasteiger partial charge in [-0.25, -0.2) is 17.2 Å². The monoisotopic (exact) mass is 315 g/mol. The summed E-state index contributed by atoms with van der Waals surface area (Å²) in [7, 11) is -4.11. The summed E-state index contributed by atoms with van der Waals surface area (Å²) < 4.78 is 54.6. The zero-order valence-corrected chi connectivity index (χ0v) is 12.6. The van der Waals surface area contributed by atoms with Crippen LogP contribution in [0.25, 0.3) is 0 Å². The molecule has 2 atom stereocenters. The molecule has 3 nitrogen and oxygen atoms in total. The maximum absolute atomic E-state index is 13.9. The van der Waals surface area contributed by atoms with Gasteiger partial charge in [-0.3, -0.25) is 0 Å². The molecule has 1 heterocycles. The molecule has 116 valence electrons. The zero-order valence-electron chi connectivity index (χ0n) is 11.8. The van der Waals surface area contributed by atoms with Crippen molar-refractivity contribution in [3.8, 4) is 0 Å². The molecule has 3 rings (SSSR count). The van der Waals surface area contributed by atoms with E-state index in [9.17, 15) is 17.2 Å². The molecule has 1 saturated carbocycles. The van der Waals surface area contributed by atoms with Crippen LogP contribution in [0.1, 0.15) is 38.5 Å². The highest BCUT2D eigenvalue weighted by Gasteiger charge is 2.41. The lowest BCUT2D eigenvalue weighted by Crippen LogP contribution is -2.49. The van der Waals surface area contributed by atoms with Gasteiger partial charge in [0.15, 0.2) is 4.90 Å². The molecule has 21 heavy (non-hydrogen) atoms. The molecule has 0 aromatic heterocycles. The molecule has 0 N–H and O–H groups in total. The molecule has 0 unspecified atom stereocenters. The van der Waals surface area contributed by atoms with Crippen LogP contribution >= 0.6 is 0 Å². The maximum atomic E-state index is 13.9. The first kappa shape index (κ1) is 14.9. The highest BCUT2D eigenvalue weighted by atomic mass is 32.2. The molecule has 1 saturated heterocycles. The number of halogens is 2. The number of nitrogens with zero attached hydrogens (tertiary/aromatic N) is 1. The van der Waals surface area contributed by atoms with Crippen molar-refractivity contribution in [1.29, 1.82) is 0 Å². The van der Waals surface area contributed by atoms with Crippen LogP contribution < -0.4 is 0 Å². The second-order valence-electron chi connectivity index (χ2n) is 5.92. The van der Waals surface area contributed by atoms with E-state index in [2.05, 4.69) is 0 Å². The van der Waals surface area contributed by atoms with Crippen molar-refractivity contribution < 1.29 is 17.2 Å². The van der Waals surface area contributed by atoms with Crippen molar-refractivity contribution in [2.45, 2.75) is 49.5 Å². The fourth-order valence-corrected chi connectivity index (χ4v) is 5.59. The first-order valence-corrected chi connectivity index (χ1v) is 8.91. The number of piperidine rings is 1. The van der Waals surface area contributed by atoms with Crippen LogP contribution in [0.5, 0.6) is 0 Å². The Hall–Kier alpha value is -1.01. The van der Waals surface area contributed by atoms with Gasteiger partial charge in [0.25, 0.3) is 0 Å². The third-order valence-corrected chi connectivity index (χ3v) is 6.65. The molecule has 2 fully saturated rings. The summed E-state index contributed by atoms with van der Waals surface area (Å²) in [6.07, 6.45) is 5.67. The summed E-state index contributed by atoms with van der Waals surface area (Å²) in [6.45, 7) is 0.358. The van der Waals surface area contributed by atoms with Crippen molar-refractivity contribution in [1.82, 2.24) is 4.31 Å². The summed E-state index contributed by atoms with van der Waals surface area (Å²) in [5.41, 5.74) is 0. The standard InChI is InChI=1S/C15H19F2NO2S/c16-12-7-3-8-13(17)15(12)21(19,20)18-10-4-6-11-5-1-2-9-14(11)18/h3,7-8,11,14H,1-2,4-6,9-10H2/t11-,14+/m1/s1. The van der Waals surface area contributed by atoms with Gasteiger partial charge in [0, 0.05) is 12.6 Å². The average molecular weight is 315 g/mol. The summed E-state index contributed by atoms with van der Waals surface area (Å²) in [6, 6.07) is 3.08. The highest BCUT2D eigenvalue weighted by Crippen LogP contribution is 2.38. The second-order valence-corrected chi connectivity index (χ2v) is 7.75. The number of benzene rings is 1. The summed E-state index contributed by atoms with van der Waals surface area (Å²) in [5.74, 6) is -1.68. The number of hydrogen-bond acceptors (Lipinski definition) is 2. The van der Waals surface area contributed by atoms with E-state index in [1.807, 2.05) is 0 Å². The first-order valence-electron chi connectivity index (χ1n) is 7.47. The van der Waals surface area contributed by atoms with Crippen LogP contribution in [0.15, 0.2) is 23.1 Å². The Bertz CT molecular complexity index is 610. The van der Waals surface area contributed by atoms with Gasteiger partial charge in [-0.2, -0.15) is 4.31 Å². The van der Waals surface area contributed by atoms with Gasteiger partial charge in [0.1, 0.15) is 11.6 Å². The van der Waals surface area contributed by atoms with E-state index < -0.39 is 26.6 Å². The third-order valence-electron chi connectivity index (χ3n) is 4.68. The summed E-state index contributed by atoms with van der Waals surface area (Å²) in [5, 5.41) is 0. The lowest BCUT2D eigenvalue weighted by Gasteiger charge is -2.43. The van der Waals surface area contributed by atoms with Crippen molar-refractivity contribution in [3.63, 3.8) is 0 Å². The van der Waals surface area contributed by atoms with Crippen LogP contribution in [-0.2, 0) is 10.0 Å². The van der Waals surface area contributed by atoms with Crippen molar-refractivity contribution in [2.75, 3.05) is 6.54 Å². The maximum Gasteiger partial charge on any atom is 0.249 e. The van der Waals surface area contributed by atoms with E-state index in [0.29, 0.717) is 12.5 Å². The Morgan fingerprint density at radius 2 is 1.62 bits per heavy atom. The van der Waals surface area contributed by atoms with Crippen LogP contribution in [0.2, 0.25) is 0 Å². The molecule has 1 aromatic carbocycles. The van der Waals surface area contributed by atoms with E-state index in [4.69, 9.17) is 0 Å². The summed E-state index contributed by atoms with van der Waals surface area (Å²) in [4.78, 5) is -0.795. The molecule has 0 amide bonds. The van der Waals surface area contributed by atoms with Crippen molar-refractivity contribution in [3.05, 3.63) is 29.8 Å². The molecular formula is C15H19F2NO2S. The van der Waals surface area contributed by atoms with Crippen LogP contribution in [0, 0.1) is 17.6 Å². The van der Waals surface area contributed by atoms with Gasteiger partial charge in [-0.05, 0) is 43.7 Å². The third kappa shape index (κ3) is 2.59. The average Bonchev–Trinajstić information content (AvgIpc) is 2.46. The van der Waals surface area contributed by atoms with E-state index >= 15 is 0 Å². The minimum absolute atomic E-state index is 0.100. The van der Waals surface area contributed by atoms with Crippen LogP contribution in [0.4, 0.5) is 8.78 Å². The predicted molar refractivity (Wildman–Crippen MR) is 75.2 cm³/mol. The quantitative estimate of drug-likeness (QED) is 0.839. The molecule has 2 aliphatic rings. The Kier molecular flexibility index (Phi) is 4.01. The van der Waals surface area contributed by atoms with Gasteiger partial charge in [0.05, 0.1) is 0 Å². The fourth-order valence-electron chi connectivity index (χ4n) is 3.72. The van der Waals surface area contributed by atoms with Gasteiger partial charge in [0.2, 0.25) is 10.0 Å².